The van der Waals surface area contributed by atoms with E-state index in [2.05, 4.69) is 6.07 Å². The van der Waals surface area contributed by atoms with Gasteiger partial charge in [0.15, 0.2) is 0 Å². The van der Waals surface area contributed by atoms with Crippen molar-refractivity contribution in [3.05, 3.63) is 59.2 Å². The molecule has 3 heteroatoms. The minimum absolute atomic E-state index is 0.629. The summed E-state index contributed by atoms with van der Waals surface area (Å²) in [5.74, 6) is 0.793. The summed E-state index contributed by atoms with van der Waals surface area (Å²) in [5, 5.41) is 8.88. The molecule has 0 unspecified atom stereocenters. The molecule has 0 aliphatic rings. The predicted molar refractivity (Wildman–Crippen MR) is 80.6 cm³/mol. The van der Waals surface area contributed by atoms with Crippen LogP contribution in [0.15, 0.2) is 42.5 Å². The van der Waals surface area contributed by atoms with Gasteiger partial charge >= 0.3 is 0 Å². The number of nitrogens with two attached hydrogens (primary N) is 1. The van der Waals surface area contributed by atoms with Gasteiger partial charge in [-0.1, -0.05) is 18.2 Å². The van der Waals surface area contributed by atoms with Crippen LogP contribution in [0, 0.1) is 18.3 Å². The largest absolute Gasteiger partial charge is 0.493 e. The van der Waals surface area contributed by atoms with Crippen LogP contribution in [0.25, 0.3) is 0 Å². The molecule has 0 bridgehead atoms. The molecule has 0 radical (unpaired) electrons. The van der Waals surface area contributed by atoms with Gasteiger partial charge in [0.25, 0.3) is 0 Å². The summed E-state index contributed by atoms with van der Waals surface area (Å²) in [7, 11) is 0. The lowest BCUT2D eigenvalue weighted by molar-refractivity contribution is 0.309. The van der Waals surface area contributed by atoms with Crippen molar-refractivity contribution in [2.45, 2.75) is 19.8 Å². The Bertz CT molecular complexity index is 612. The number of rotatable bonds is 5. The van der Waals surface area contributed by atoms with Gasteiger partial charge in [-0.2, -0.15) is 5.26 Å². The van der Waals surface area contributed by atoms with Crippen molar-refractivity contribution >= 4 is 5.69 Å². The second-order valence-corrected chi connectivity index (χ2v) is 4.79. The molecule has 0 fully saturated rings. The Balaban J connectivity index is 1.84. The summed E-state index contributed by atoms with van der Waals surface area (Å²) >= 11 is 0. The quantitative estimate of drug-likeness (QED) is 0.666. The third kappa shape index (κ3) is 3.76. The number of ether oxygens (including phenoxy) is 1. The summed E-state index contributed by atoms with van der Waals surface area (Å²) in [4.78, 5) is 0. The number of benzene rings is 2. The molecule has 3 nitrogen and oxygen atoms in total. The predicted octanol–water partition coefficient (Wildman–Crippen LogP) is 3.46. The SMILES string of the molecule is Cc1ccc(C#N)cc1OCCCc1ccc(N)cc1. The maximum Gasteiger partial charge on any atom is 0.123 e. The van der Waals surface area contributed by atoms with Gasteiger partial charge < -0.3 is 10.5 Å². The van der Waals surface area contributed by atoms with E-state index in [4.69, 9.17) is 15.7 Å². The Morgan fingerprint density at radius 1 is 1.15 bits per heavy atom. The van der Waals surface area contributed by atoms with E-state index >= 15 is 0 Å². The summed E-state index contributed by atoms with van der Waals surface area (Å²) in [6, 6.07) is 15.5. The first kappa shape index (κ1) is 14.0. The van der Waals surface area contributed by atoms with Crippen molar-refractivity contribution < 1.29 is 4.74 Å². The standard InChI is InChI=1S/C17H18N2O/c1-13-4-5-15(12-18)11-17(13)20-10-2-3-14-6-8-16(19)9-7-14/h4-9,11H,2-3,10,19H2,1H3. The second kappa shape index (κ2) is 6.63. The van der Waals surface area contributed by atoms with Crippen molar-refractivity contribution in [1.82, 2.24) is 0 Å². The van der Waals surface area contributed by atoms with Crippen LogP contribution in [0.5, 0.6) is 5.75 Å². The third-order valence-corrected chi connectivity index (χ3v) is 3.16. The number of aryl methyl sites for hydroxylation is 2. The molecule has 2 aromatic rings. The number of hydrogen-bond donors (Lipinski definition) is 1. The minimum Gasteiger partial charge on any atom is -0.493 e. The lowest BCUT2D eigenvalue weighted by atomic mass is 10.1. The molecular formula is C17H18N2O. The highest BCUT2D eigenvalue weighted by Crippen LogP contribution is 2.19. The third-order valence-electron chi connectivity index (χ3n) is 3.16. The molecule has 0 aromatic heterocycles. The van der Waals surface area contributed by atoms with Crippen LogP contribution in [-0.4, -0.2) is 6.61 Å². The van der Waals surface area contributed by atoms with Crippen LogP contribution < -0.4 is 10.5 Å². The van der Waals surface area contributed by atoms with Crippen LogP contribution in [0.4, 0.5) is 5.69 Å². The van der Waals surface area contributed by atoms with E-state index in [1.54, 1.807) is 12.1 Å². The first-order valence-electron chi connectivity index (χ1n) is 6.67. The second-order valence-electron chi connectivity index (χ2n) is 4.79. The molecule has 0 saturated carbocycles. The topological polar surface area (TPSA) is 59.0 Å². The highest BCUT2D eigenvalue weighted by atomic mass is 16.5. The van der Waals surface area contributed by atoms with Gasteiger partial charge in [0.1, 0.15) is 5.75 Å². The van der Waals surface area contributed by atoms with Gasteiger partial charge in [0.2, 0.25) is 0 Å². The lowest BCUT2D eigenvalue weighted by Crippen LogP contribution is -2.01. The number of hydrogen-bond acceptors (Lipinski definition) is 3. The maximum atomic E-state index is 8.88. The maximum absolute atomic E-state index is 8.88. The lowest BCUT2D eigenvalue weighted by Gasteiger charge is -2.09. The molecule has 102 valence electrons. The molecule has 0 aliphatic heterocycles. The van der Waals surface area contributed by atoms with Crippen LogP contribution in [0.3, 0.4) is 0 Å². The smallest absolute Gasteiger partial charge is 0.123 e. The van der Waals surface area contributed by atoms with Gasteiger partial charge in [-0.3, -0.25) is 0 Å². The first-order chi connectivity index (χ1) is 9.69. The van der Waals surface area contributed by atoms with E-state index in [9.17, 15) is 0 Å². The Kier molecular flexibility index (Phi) is 4.62. The van der Waals surface area contributed by atoms with E-state index < -0.39 is 0 Å². The molecule has 0 amide bonds. The zero-order valence-electron chi connectivity index (χ0n) is 11.6. The van der Waals surface area contributed by atoms with Crippen LogP contribution in [-0.2, 0) is 6.42 Å². The van der Waals surface area contributed by atoms with Crippen molar-refractivity contribution in [3.63, 3.8) is 0 Å². The molecule has 0 saturated heterocycles. The summed E-state index contributed by atoms with van der Waals surface area (Å²) in [6.07, 6.45) is 1.89. The van der Waals surface area contributed by atoms with Crippen LogP contribution >= 0.6 is 0 Å². The van der Waals surface area contributed by atoms with E-state index in [-0.39, 0.29) is 0 Å². The summed E-state index contributed by atoms with van der Waals surface area (Å²) in [5.41, 5.74) is 9.37. The van der Waals surface area contributed by atoms with Gasteiger partial charge in [-0.15, -0.1) is 0 Å². The molecule has 2 N–H and O–H groups in total. The zero-order valence-corrected chi connectivity index (χ0v) is 11.6. The Morgan fingerprint density at radius 2 is 1.90 bits per heavy atom. The van der Waals surface area contributed by atoms with Gasteiger partial charge in [-0.25, -0.2) is 0 Å². The molecule has 0 atom stereocenters. The fourth-order valence-electron chi connectivity index (χ4n) is 1.97. The van der Waals surface area contributed by atoms with E-state index in [0.717, 1.165) is 29.8 Å². The molecule has 2 aromatic carbocycles. The molecule has 20 heavy (non-hydrogen) atoms. The number of nitrogens with zero attached hydrogens (tertiary/aromatic N) is 1. The van der Waals surface area contributed by atoms with Crippen molar-refractivity contribution in [2.24, 2.45) is 0 Å². The molecule has 0 aliphatic carbocycles. The zero-order chi connectivity index (χ0) is 14.4. The number of nitriles is 1. The first-order valence-corrected chi connectivity index (χ1v) is 6.67. The molecule has 0 spiro atoms. The summed E-state index contributed by atoms with van der Waals surface area (Å²) < 4.78 is 5.75. The van der Waals surface area contributed by atoms with Crippen molar-refractivity contribution in [1.29, 1.82) is 5.26 Å². The average molecular weight is 266 g/mol. The van der Waals surface area contributed by atoms with Gasteiger partial charge in [-0.05, 0) is 55.2 Å². The molecule has 0 heterocycles. The fraction of sp³-hybridized carbons (Fsp3) is 0.235. The Hall–Kier alpha value is -2.47. The highest BCUT2D eigenvalue weighted by Gasteiger charge is 2.01. The highest BCUT2D eigenvalue weighted by molar-refractivity contribution is 5.42. The van der Waals surface area contributed by atoms with Gasteiger partial charge in [0, 0.05) is 5.69 Å². The molecular weight excluding hydrogens is 248 g/mol. The minimum atomic E-state index is 0.629. The summed E-state index contributed by atoms with van der Waals surface area (Å²) in [6.45, 7) is 2.62. The normalized spacial score (nSPS) is 10.0. The van der Waals surface area contributed by atoms with E-state index in [1.807, 2.05) is 37.3 Å². The number of anilines is 1. The average Bonchev–Trinajstić information content (AvgIpc) is 2.47. The van der Waals surface area contributed by atoms with E-state index in [0.29, 0.717) is 12.2 Å². The Labute approximate surface area is 119 Å². The number of nitrogen functional groups attached to an aromatic ring is 1. The van der Waals surface area contributed by atoms with Crippen molar-refractivity contribution in [3.8, 4) is 11.8 Å². The van der Waals surface area contributed by atoms with Crippen molar-refractivity contribution in [2.75, 3.05) is 12.3 Å². The Morgan fingerprint density at radius 3 is 2.60 bits per heavy atom. The monoisotopic (exact) mass is 266 g/mol. The van der Waals surface area contributed by atoms with Crippen LogP contribution in [0.1, 0.15) is 23.1 Å². The van der Waals surface area contributed by atoms with Crippen LogP contribution in [0.2, 0.25) is 0 Å². The van der Waals surface area contributed by atoms with Gasteiger partial charge in [0.05, 0.1) is 18.2 Å². The molecule has 2 rings (SSSR count). The fourth-order valence-corrected chi connectivity index (χ4v) is 1.97. The van der Waals surface area contributed by atoms with E-state index in [1.165, 1.54) is 5.56 Å².